The minimum Gasteiger partial charge on any atom is -0.324 e. The Morgan fingerprint density at radius 1 is 1.06 bits per heavy atom. The first kappa shape index (κ1) is 21.8. The number of benzene rings is 3. The van der Waals surface area contributed by atoms with Gasteiger partial charge in [0.15, 0.2) is 0 Å². The zero-order valence-electron chi connectivity index (χ0n) is 18.4. The number of fused-ring (bicyclic) bond motifs is 1. The van der Waals surface area contributed by atoms with Crippen molar-refractivity contribution in [2.24, 2.45) is 4.99 Å². The van der Waals surface area contributed by atoms with E-state index in [1.54, 1.807) is 11.8 Å². The fourth-order valence-electron chi connectivity index (χ4n) is 3.86. The Morgan fingerprint density at radius 3 is 2.66 bits per heavy atom. The molecule has 1 aliphatic heterocycles. The molecule has 3 aromatic carbocycles. The number of amides is 2. The number of hydrogen-bond acceptors (Lipinski definition) is 4. The third-order valence-corrected chi connectivity index (χ3v) is 6.12. The number of nitrogens with one attached hydrogen (secondary N) is 1. The van der Waals surface area contributed by atoms with Gasteiger partial charge in [-0.3, -0.25) is 14.6 Å². The van der Waals surface area contributed by atoms with Gasteiger partial charge in [0.25, 0.3) is 0 Å². The molecule has 1 aliphatic rings. The van der Waals surface area contributed by atoms with Gasteiger partial charge >= 0.3 is 0 Å². The van der Waals surface area contributed by atoms with E-state index in [-0.39, 0.29) is 24.8 Å². The maximum atomic E-state index is 13.3. The SMILES string of the molecule is CSc1cccc(NC(=O)CN2C(=O)CC(c3ccc(C)cc3C)=Nc3ccccc32)c1. The normalized spacial score (nSPS) is 13.3. The van der Waals surface area contributed by atoms with E-state index >= 15 is 0 Å². The Labute approximate surface area is 192 Å². The van der Waals surface area contributed by atoms with Crippen LogP contribution in [0, 0.1) is 13.8 Å². The van der Waals surface area contributed by atoms with Crippen molar-refractivity contribution < 1.29 is 9.59 Å². The summed E-state index contributed by atoms with van der Waals surface area (Å²) in [7, 11) is 0. The number of rotatable bonds is 5. The smallest absolute Gasteiger partial charge is 0.244 e. The van der Waals surface area contributed by atoms with E-state index < -0.39 is 0 Å². The van der Waals surface area contributed by atoms with Crippen LogP contribution in [0.2, 0.25) is 0 Å². The Bertz CT molecular complexity index is 1220. The third kappa shape index (κ3) is 4.75. The molecule has 4 rings (SSSR count). The van der Waals surface area contributed by atoms with E-state index in [9.17, 15) is 9.59 Å². The maximum Gasteiger partial charge on any atom is 0.244 e. The summed E-state index contributed by atoms with van der Waals surface area (Å²) in [5.74, 6) is -0.400. The molecule has 32 heavy (non-hydrogen) atoms. The highest BCUT2D eigenvalue weighted by molar-refractivity contribution is 7.98. The lowest BCUT2D eigenvalue weighted by atomic mass is 9.99. The largest absolute Gasteiger partial charge is 0.324 e. The molecule has 0 fully saturated rings. The topological polar surface area (TPSA) is 61.8 Å². The minimum absolute atomic E-state index is 0.0744. The molecule has 162 valence electrons. The first-order valence-corrected chi connectivity index (χ1v) is 11.7. The van der Waals surface area contributed by atoms with Crippen LogP contribution < -0.4 is 10.2 Å². The third-order valence-electron chi connectivity index (χ3n) is 5.40. The Morgan fingerprint density at radius 2 is 1.88 bits per heavy atom. The van der Waals surface area contributed by atoms with E-state index in [0.29, 0.717) is 17.1 Å². The average molecular weight is 444 g/mol. The molecular formula is C26H25N3O2S. The van der Waals surface area contributed by atoms with Crippen LogP contribution >= 0.6 is 11.8 Å². The van der Waals surface area contributed by atoms with E-state index in [1.165, 1.54) is 4.90 Å². The number of aryl methyl sites for hydroxylation is 2. The molecule has 1 heterocycles. The Hall–Kier alpha value is -3.38. The monoisotopic (exact) mass is 443 g/mol. The van der Waals surface area contributed by atoms with Crippen molar-refractivity contribution in [2.75, 3.05) is 23.0 Å². The van der Waals surface area contributed by atoms with Crippen LogP contribution in [-0.4, -0.2) is 30.3 Å². The number of para-hydroxylation sites is 2. The first-order valence-electron chi connectivity index (χ1n) is 10.4. The zero-order chi connectivity index (χ0) is 22.7. The number of thioether (sulfide) groups is 1. The molecule has 0 unspecified atom stereocenters. The van der Waals surface area contributed by atoms with Gasteiger partial charge in [-0.1, -0.05) is 42.0 Å². The Balaban J connectivity index is 1.61. The summed E-state index contributed by atoms with van der Waals surface area (Å²) < 4.78 is 0. The van der Waals surface area contributed by atoms with E-state index in [0.717, 1.165) is 27.3 Å². The standard InChI is InChI=1S/C26H25N3O2S/c1-17-11-12-21(18(2)13-17)23-15-26(31)29(24-10-5-4-9-22(24)28-23)16-25(30)27-19-7-6-8-20(14-19)32-3/h4-14H,15-16H2,1-3H3,(H,27,30). The summed E-state index contributed by atoms with van der Waals surface area (Å²) in [6.07, 6.45) is 2.12. The molecule has 0 saturated heterocycles. The number of nitrogens with zero attached hydrogens (tertiary/aromatic N) is 2. The molecule has 6 heteroatoms. The van der Waals surface area contributed by atoms with Gasteiger partial charge in [0.2, 0.25) is 11.8 Å². The molecule has 0 spiro atoms. The molecule has 0 aromatic heterocycles. The fraction of sp³-hybridized carbons (Fsp3) is 0.192. The van der Waals surface area contributed by atoms with Gasteiger partial charge in [0.05, 0.1) is 23.5 Å². The van der Waals surface area contributed by atoms with Gasteiger partial charge in [-0.05, 0) is 61.6 Å². The summed E-state index contributed by atoms with van der Waals surface area (Å²) in [6, 6.07) is 21.2. The number of anilines is 2. The highest BCUT2D eigenvalue weighted by Gasteiger charge is 2.27. The van der Waals surface area contributed by atoms with Crippen LogP contribution in [0.4, 0.5) is 17.1 Å². The maximum absolute atomic E-state index is 13.3. The van der Waals surface area contributed by atoms with Crippen molar-refractivity contribution >= 4 is 46.4 Å². The lowest BCUT2D eigenvalue weighted by molar-refractivity contribution is -0.120. The zero-order valence-corrected chi connectivity index (χ0v) is 19.2. The number of hydrogen-bond donors (Lipinski definition) is 1. The molecule has 0 aliphatic carbocycles. The van der Waals surface area contributed by atoms with Crippen molar-refractivity contribution in [1.29, 1.82) is 0 Å². The fourth-order valence-corrected chi connectivity index (χ4v) is 4.32. The Kier molecular flexibility index (Phi) is 6.42. The van der Waals surface area contributed by atoms with Gasteiger partial charge < -0.3 is 10.2 Å². The number of carbonyl (C=O) groups is 2. The van der Waals surface area contributed by atoms with Crippen molar-refractivity contribution in [3.8, 4) is 0 Å². The van der Waals surface area contributed by atoms with Gasteiger partial charge in [-0.25, -0.2) is 0 Å². The first-order chi connectivity index (χ1) is 15.4. The van der Waals surface area contributed by atoms with Crippen LogP contribution in [-0.2, 0) is 9.59 Å². The molecular weight excluding hydrogens is 418 g/mol. The van der Waals surface area contributed by atoms with E-state index in [2.05, 4.69) is 11.4 Å². The molecule has 0 atom stereocenters. The van der Waals surface area contributed by atoms with Crippen molar-refractivity contribution in [3.63, 3.8) is 0 Å². The second kappa shape index (κ2) is 9.40. The predicted octanol–water partition coefficient (Wildman–Crippen LogP) is 5.52. The number of aliphatic imine (C=N–C) groups is 1. The van der Waals surface area contributed by atoms with Gasteiger partial charge in [0, 0.05) is 10.6 Å². The number of carbonyl (C=O) groups excluding carboxylic acids is 2. The quantitative estimate of drug-likeness (QED) is 0.528. The molecule has 1 N–H and O–H groups in total. The van der Waals surface area contributed by atoms with Crippen LogP contribution in [0.15, 0.2) is 76.6 Å². The molecule has 5 nitrogen and oxygen atoms in total. The summed E-state index contributed by atoms with van der Waals surface area (Å²) in [6.45, 7) is 4.00. The lowest BCUT2D eigenvalue weighted by Gasteiger charge is -2.22. The summed E-state index contributed by atoms with van der Waals surface area (Å²) in [5.41, 5.74) is 5.96. The lowest BCUT2D eigenvalue weighted by Crippen LogP contribution is -2.38. The second-order valence-corrected chi connectivity index (χ2v) is 8.68. The molecule has 3 aromatic rings. The van der Waals surface area contributed by atoms with Crippen LogP contribution in [0.3, 0.4) is 0 Å². The highest BCUT2D eigenvalue weighted by atomic mass is 32.2. The van der Waals surface area contributed by atoms with E-state index in [4.69, 9.17) is 4.99 Å². The summed E-state index contributed by atoms with van der Waals surface area (Å²) in [5, 5.41) is 2.91. The molecule has 0 saturated carbocycles. The molecule has 2 amide bonds. The van der Waals surface area contributed by atoms with Crippen molar-refractivity contribution in [1.82, 2.24) is 0 Å². The summed E-state index contributed by atoms with van der Waals surface area (Å²) in [4.78, 5) is 33.6. The predicted molar refractivity (Wildman–Crippen MR) is 132 cm³/mol. The summed E-state index contributed by atoms with van der Waals surface area (Å²) >= 11 is 1.61. The minimum atomic E-state index is -0.249. The second-order valence-electron chi connectivity index (χ2n) is 7.80. The van der Waals surface area contributed by atoms with Crippen molar-refractivity contribution in [2.45, 2.75) is 25.2 Å². The van der Waals surface area contributed by atoms with Crippen LogP contribution in [0.25, 0.3) is 0 Å². The van der Waals surface area contributed by atoms with Gasteiger partial charge in [-0.15, -0.1) is 11.8 Å². The highest BCUT2D eigenvalue weighted by Crippen LogP contribution is 2.33. The van der Waals surface area contributed by atoms with E-state index in [1.807, 2.05) is 80.8 Å². The van der Waals surface area contributed by atoms with Crippen LogP contribution in [0.1, 0.15) is 23.1 Å². The molecule has 0 radical (unpaired) electrons. The van der Waals surface area contributed by atoms with Gasteiger partial charge in [-0.2, -0.15) is 0 Å². The average Bonchev–Trinajstić information content (AvgIpc) is 2.90. The van der Waals surface area contributed by atoms with Gasteiger partial charge in [0.1, 0.15) is 6.54 Å². The molecule has 0 bridgehead atoms. The van der Waals surface area contributed by atoms with Crippen molar-refractivity contribution in [3.05, 3.63) is 83.4 Å². The van der Waals surface area contributed by atoms with Crippen LogP contribution in [0.5, 0.6) is 0 Å².